The van der Waals surface area contributed by atoms with Crippen LogP contribution in [0.1, 0.15) is 56.1 Å². The number of piperidine rings is 1. The molecule has 0 radical (unpaired) electrons. The van der Waals surface area contributed by atoms with Crippen LogP contribution in [-0.2, 0) is 22.9 Å². The van der Waals surface area contributed by atoms with Gasteiger partial charge in [-0.15, -0.1) is 0 Å². The summed E-state index contributed by atoms with van der Waals surface area (Å²) < 4.78 is 31.0. The normalized spacial score (nSPS) is 26.0. The maximum absolute atomic E-state index is 11.6. The van der Waals surface area contributed by atoms with Crippen molar-refractivity contribution < 1.29 is 13.2 Å². The van der Waals surface area contributed by atoms with Gasteiger partial charge >= 0.3 is 0 Å². The van der Waals surface area contributed by atoms with Gasteiger partial charge in [-0.3, -0.25) is 0 Å². The van der Waals surface area contributed by atoms with Crippen LogP contribution in [0.15, 0.2) is 18.2 Å². The van der Waals surface area contributed by atoms with E-state index in [1.165, 1.54) is 62.3 Å². The lowest BCUT2D eigenvalue weighted by molar-refractivity contribution is 0.135. The van der Waals surface area contributed by atoms with Crippen LogP contribution in [-0.4, -0.2) is 38.2 Å². The number of benzene rings is 1. The molecule has 1 atom stereocenters. The summed E-state index contributed by atoms with van der Waals surface area (Å²) in [5.41, 5.74) is 2.98. The third-order valence-corrected chi connectivity index (χ3v) is 8.04. The maximum atomic E-state index is 11.6. The van der Waals surface area contributed by atoms with Gasteiger partial charge in [0.25, 0.3) is 0 Å². The standard InChI is InChI=1S/C21H31NO3S/c1-26(23,24)22-13-11-20(12-14-22)25-21-10-9-18-6-5-17(16-3-2-4-16)7-8-19(18)15-21/h9-10,15-17,20H,2-8,11-14H2,1H3. The van der Waals surface area contributed by atoms with Crippen molar-refractivity contribution in [1.29, 1.82) is 0 Å². The molecule has 0 N–H and O–H groups in total. The lowest BCUT2D eigenvalue weighted by Crippen LogP contribution is -2.41. The van der Waals surface area contributed by atoms with Crippen LogP contribution >= 0.6 is 0 Å². The van der Waals surface area contributed by atoms with Crippen molar-refractivity contribution in [2.24, 2.45) is 11.8 Å². The van der Waals surface area contributed by atoms with Gasteiger partial charge in [0.2, 0.25) is 10.0 Å². The largest absolute Gasteiger partial charge is 0.490 e. The molecule has 0 aromatic heterocycles. The van der Waals surface area contributed by atoms with E-state index in [0.717, 1.165) is 30.4 Å². The zero-order valence-electron chi connectivity index (χ0n) is 15.8. The first-order chi connectivity index (χ1) is 12.5. The fourth-order valence-electron chi connectivity index (χ4n) is 4.84. The van der Waals surface area contributed by atoms with Crippen LogP contribution in [0.2, 0.25) is 0 Å². The fraction of sp³-hybridized carbons (Fsp3) is 0.714. The minimum absolute atomic E-state index is 0.125. The summed E-state index contributed by atoms with van der Waals surface area (Å²) >= 11 is 0. The third-order valence-electron chi connectivity index (χ3n) is 6.74. The van der Waals surface area contributed by atoms with Gasteiger partial charge in [0.05, 0.1) is 6.26 Å². The van der Waals surface area contributed by atoms with Crippen molar-refractivity contribution in [2.75, 3.05) is 19.3 Å². The van der Waals surface area contributed by atoms with E-state index in [4.69, 9.17) is 4.74 Å². The fourth-order valence-corrected chi connectivity index (χ4v) is 5.71. The maximum Gasteiger partial charge on any atom is 0.211 e. The first kappa shape index (κ1) is 18.3. The first-order valence-corrected chi connectivity index (χ1v) is 12.1. The number of sulfonamides is 1. The number of fused-ring (bicyclic) bond motifs is 1. The Bertz CT molecular complexity index is 734. The summed E-state index contributed by atoms with van der Waals surface area (Å²) in [6, 6.07) is 6.63. The minimum atomic E-state index is -3.07. The first-order valence-electron chi connectivity index (χ1n) is 10.2. The molecule has 0 spiro atoms. The molecule has 1 aromatic rings. The van der Waals surface area contributed by atoms with Crippen molar-refractivity contribution in [3.05, 3.63) is 29.3 Å². The van der Waals surface area contributed by atoms with Gasteiger partial charge in [-0.1, -0.05) is 25.3 Å². The lowest BCUT2D eigenvalue weighted by atomic mass is 9.73. The summed E-state index contributed by atoms with van der Waals surface area (Å²) in [5.74, 6) is 2.87. The summed E-state index contributed by atoms with van der Waals surface area (Å²) in [6.45, 7) is 1.13. The van der Waals surface area contributed by atoms with E-state index in [-0.39, 0.29) is 6.10 Å². The molecule has 1 aromatic carbocycles. The molecule has 5 heteroatoms. The van der Waals surface area contributed by atoms with Gasteiger partial charge in [0.15, 0.2) is 0 Å². The zero-order chi connectivity index (χ0) is 18.1. The van der Waals surface area contributed by atoms with E-state index in [9.17, 15) is 8.42 Å². The second-order valence-electron chi connectivity index (χ2n) is 8.44. The van der Waals surface area contributed by atoms with Crippen LogP contribution in [0.3, 0.4) is 0 Å². The van der Waals surface area contributed by atoms with Crippen molar-refractivity contribution >= 4 is 10.0 Å². The van der Waals surface area contributed by atoms with E-state index in [1.54, 1.807) is 4.31 Å². The zero-order valence-corrected chi connectivity index (χ0v) is 16.6. The SMILES string of the molecule is CS(=O)(=O)N1CCC(Oc2ccc3c(c2)CCC(C2CCC2)CC3)CC1. The second-order valence-corrected chi connectivity index (χ2v) is 10.4. The molecule has 4 rings (SSSR count). The van der Waals surface area contributed by atoms with Crippen LogP contribution in [0.4, 0.5) is 0 Å². The van der Waals surface area contributed by atoms with Gasteiger partial charge in [0.1, 0.15) is 11.9 Å². The predicted octanol–water partition coefficient (Wildman–Crippen LogP) is 3.78. The van der Waals surface area contributed by atoms with Gasteiger partial charge < -0.3 is 4.74 Å². The van der Waals surface area contributed by atoms with E-state index < -0.39 is 10.0 Å². The summed E-state index contributed by atoms with van der Waals surface area (Å²) in [6.07, 6.45) is 12.4. The molecule has 3 aliphatic rings. The Morgan fingerprint density at radius 1 is 0.923 bits per heavy atom. The smallest absolute Gasteiger partial charge is 0.211 e. The van der Waals surface area contributed by atoms with E-state index in [0.29, 0.717) is 13.1 Å². The molecule has 1 aliphatic heterocycles. The molecular weight excluding hydrogens is 346 g/mol. The quantitative estimate of drug-likeness (QED) is 0.750. The minimum Gasteiger partial charge on any atom is -0.490 e. The van der Waals surface area contributed by atoms with Crippen LogP contribution in [0.5, 0.6) is 5.75 Å². The van der Waals surface area contributed by atoms with Crippen molar-refractivity contribution in [3.8, 4) is 5.75 Å². The average Bonchev–Trinajstić information content (AvgIpc) is 2.76. The predicted molar refractivity (Wildman–Crippen MR) is 104 cm³/mol. The highest BCUT2D eigenvalue weighted by atomic mass is 32.2. The Kier molecular flexibility index (Phi) is 5.29. The van der Waals surface area contributed by atoms with E-state index in [1.807, 2.05) is 0 Å². The Labute approximate surface area is 158 Å². The van der Waals surface area contributed by atoms with Crippen LogP contribution < -0.4 is 4.74 Å². The second kappa shape index (κ2) is 7.51. The summed E-state index contributed by atoms with van der Waals surface area (Å²) in [5, 5.41) is 0. The molecule has 1 heterocycles. The molecule has 0 amide bonds. The number of aryl methyl sites for hydroxylation is 2. The molecular formula is C21H31NO3S. The summed E-state index contributed by atoms with van der Waals surface area (Å²) in [4.78, 5) is 0. The van der Waals surface area contributed by atoms with Gasteiger partial charge in [-0.05, 0) is 73.6 Å². The molecule has 0 bridgehead atoms. The van der Waals surface area contributed by atoms with E-state index in [2.05, 4.69) is 18.2 Å². The molecule has 2 fully saturated rings. The Hall–Kier alpha value is -1.07. The highest BCUT2D eigenvalue weighted by Crippen LogP contribution is 2.40. The molecule has 144 valence electrons. The number of hydrogen-bond donors (Lipinski definition) is 0. The summed E-state index contributed by atoms with van der Waals surface area (Å²) in [7, 11) is -3.07. The highest BCUT2D eigenvalue weighted by molar-refractivity contribution is 7.88. The molecule has 4 nitrogen and oxygen atoms in total. The lowest BCUT2D eigenvalue weighted by Gasteiger charge is -2.33. The van der Waals surface area contributed by atoms with Gasteiger partial charge in [-0.25, -0.2) is 12.7 Å². The molecule has 1 saturated heterocycles. The average molecular weight is 378 g/mol. The van der Waals surface area contributed by atoms with Crippen molar-refractivity contribution in [3.63, 3.8) is 0 Å². The molecule has 1 unspecified atom stereocenters. The van der Waals surface area contributed by atoms with Crippen molar-refractivity contribution in [1.82, 2.24) is 4.31 Å². The Balaban J connectivity index is 1.35. The highest BCUT2D eigenvalue weighted by Gasteiger charge is 2.29. The monoisotopic (exact) mass is 377 g/mol. The molecule has 2 aliphatic carbocycles. The molecule has 1 saturated carbocycles. The number of ether oxygens (including phenoxy) is 1. The van der Waals surface area contributed by atoms with E-state index >= 15 is 0 Å². The number of rotatable bonds is 4. The van der Waals surface area contributed by atoms with Crippen LogP contribution in [0, 0.1) is 11.8 Å². The third kappa shape index (κ3) is 4.09. The topological polar surface area (TPSA) is 46.6 Å². The van der Waals surface area contributed by atoms with Crippen molar-refractivity contribution in [2.45, 2.75) is 63.9 Å². The number of hydrogen-bond acceptors (Lipinski definition) is 3. The van der Waals surface area contributed by atoms with Crippen LogP contribution in [0.25, 0.3) is 0 Å². The Morgan fingerprint density at radius 2 is 1.58 bits per heavy atom. The number of nitrogens with zero attached hydrogens (tertiary/aromatic N) is 1. The van der Waals surface area contributed by atoms with Gasteiger partial charge in [0, 0.05) is 13.1 Å². The van der Waals surface area contributed by atoms with Gasteiger partial charge in [-0.2, -0.15) is 0 Å². The molecule has 26 heavy (non-hydrogen) atoms. The Morgan fingerprint density at radius 3 is 2.19 bits per heavy atom.